The molecule has 92 valence electrons. The van der Waals surface area contributed by atoms with Gasteiger partial charge in [0.2, 0.25) is 0 Å². The number of carbonyl (C=O) groups is 1. The van der Waals surface area contributed by atoms with E-state index in [0.29, 0.717) is 22.4 Å². The van der Waals surface area contributed by atoms with Crippen LogP contribution in [-0.2, 0) is 0 Å². The highest BCUT2D eigenvalue weighted by atomic mass is 79.9. The molecular weight excluding hydrogens is 297 g/mol. The third-order valence-corrected chi connectivity index (χ3v) is 3.19. The Morgan fingerprint density at radius 3 is 2.61 bits per heavy atom. The molecule has 0 spiro atoms. The van der Waals surface area contributed by atoms with Gasteiger partial charge in [0.15, 0.2) is 5.78 Å². The van der Waals surface area contributed by atoms with Crippen molar-refractivity contribution in [1.29, 1.82) is 0 Å². The van der Waals surface area contributed by atoms with Crippen molar-refractivity contribution in [2.45, 2.75) is 6.92 Å². The molecule has 2 nitrogen and oxygen atoms in total. The van der Waals surface area contributed by atoms with Crippen LogP contribution in [0.4, 0.5) is 10.1 Å². The Morgan fingerprint density at radius 1 is 1.22 bits per heavy atom. The van der Waals surface area contributed by atoms with Crippen molar-refractivity contribution < 1.29 is 9.18 Å². The van der Waals surface area contributed by atoms with E-state index in [-0.39, 0.29) is 5.78 Å². The molecule has 0 heterocycles. The molecule has 0 fully saturated rings. The average molecular weight is 308 g/mol. The summed E-state index contributed by atoms with van der Waals surface area (Å²) in [4.78, 5) is 12.2. The molecule has 18 heavy (non-hydrogen) atoms. The van der Waals surface area contributed by atoms with Crippen LogP contribution in [0.2, 0.25) is 0 Å². The Hall–Kier alpha value is -1.68. The number of hydrogen-bond acceptors (Lipinski definition) is 2. The topological polar surface area (TPSA) is 43.1 Å². The summed E-state index contributed by atoms with van der Waals surface area (Å²) in [5.74, 6) is -0.679. The molecule has 0 radical (unpaired) electrons. The van der Waals surface area contributed by atoms with Crippen molar-refractivity contribution in [3.05, 3.63) is 63.4 Å². The fourth-order valence-corrected chi connectivity index (χ4v) is 1.98. The fourth-order valence-electron chi connectivity index (χ4n) is 1.61. The van der Waals surface area contributed by atoms with E-state index < -0.39 is 5.82 Å². The molecule has 0 atom stereocenters. The minimum atomic E-state index is -0.394. The van der Waals surface area contributed by atoms with Crippen LogP contribution in [0.3, 0.4) is 0 Å². The average Bonchev–Trinajstić information content (AvgIpc) is 2.35. The molecule has 2 rings (SSSR count). The summed E-state index contributed by atoms with van der Waals surface area (Å²) in [6.07, 6.45) is 0. The zero-order valence-electron chi connectivity index (χ0n) is 9.71. The Kier molecular flexibility index (Phi) is 3.48. The van der Waals surface area contributed by atoms with Gasteiger partial charge in [0.1, 0.15) is 5.82 Å². The van der Waals surface area contributed by atoms with Gasteiger partial charge < -0.3 is 5.73 Å². The van der Waals surface area contributed by atoms with E-state index in [2.05, 4.69) is 15.9 Å². The van der Waals surface area contributed by atoms with Gasteiger partial charge in [-0.05, 0) is 36.8 Å². The van der Waals surface area contributed by atoms with Crippen LogP contribution in [0.25, 0.3) is 0 Å². The lowest BCUT2D eigenvalue weighted by molar-refractivity contribution is 0.103. The van der Waals surface area contributed by atoms with Crippen LogP contribution in [0, 0.1) is 12.7 Å². The van der Waals surface area contributed by atoms with Crippen molar-refractivity contribution in [3.8, 4) is 0 Å². The summed E-state index contributed by atoms with van der Waals surface area (Å²) >= 11 is 3.28. The fraction of sp³-hybridized carbons (Fsp3) is 0.0714. The molecular formula is C14H11BrFNO. The Labute approximate surface area is 113 Å². The van der Waals surface area contributed by atoms with Crippen molar-refractivity contribution in [2.24, 2.45) is 0 Å². The van der Waals surface area contributed by atoms with E-state index in [1.54, 1.807) is 37.3 Å². The lowest BCUT2D eigenvalue weighted by Gasteiger charge is -2.06. The van der Waals surface area contributed by atoms with Crippen LogP contribution >= 0.6 is 15.9 Å². The monoisotopic (exact) mass is 307 g/mol. The van der Waals surface area contributed by atoms with Crippen LogP contribution in [0.15, 0.2) is 40.9 Å². The molecule has 0 aliphatic heterocycles. The predicted molar refractivity (Wildman–Crippen MR) is 73.1 cm³/mol. The highest BCUT2D eigenvalue weighted by molar-refractivity contribution is 9.10. The number of nitrogen functional groups attached to an aromatic ring is 1. The molecule has 0 saturated heterocycles. The first-order valence-corrected chi connectivity index (χ1v) is 6.14. The van der Waals surface area contributed by atoms with Crippen molar-refractivity contribution in [1.82, 2.24) is 0 Å². The van der Waals surface area contributed by atoms with Crippen LogP contribution < -0.4 is 5.73 Å². The van der Waals surface area contributed by atoms with E-state index in [1.165, 1.54) is 6.07 Å². The second-order valence-corrected chi connectivity index (χ2v) is 4.94. The van der Waals surface area contributed by atoms with Crippen molar-refractivity contribution in [3.63, 3.8) is 0 Å². The minimum Gasteiger partial charge on any atom is -0.398 e. The molecule has 4 heteroatoms. The molecule has 2 aromatic rings. The number of benzene rings is 2. The number of anilines is 1. The Bertz CT molecular complexity index is 625. The summed E-state index contributed by atoms with van der Waals surface area (Å²) < 4.78 is 14.2. The Morgan fingerprint density at radius 2 is 1.94 bits per heavy atom. The SMILES string of the molecule is Cc1ccc(C(=O)c2cc(Br)ccc2N)cc1F. The minimum absolute atomic E-state index is 0.285. The molecule has 0 amide bonds. The van der Waals surface area contributed by atoms with E-state index in [9.17, 15) is 9.18 Å². The first kappa shape index (κ1) is 12.8. The molecule has 2 aromatic carbocycles. The van der Waals surface area contributed by atoms with Crippen LogP contribution in [0.5, 0.6) is 0 Å². The summed E-state index contributed by atoms with van der Waals surface area (Å²) in [5.41, 5.74) is 7.31. The zero-order chi connectivity index (χ0) is 13.3. The van der Waals surface area contributed by atoms with E-state index in [1.807, 2.05) is 0 Å². The Balaban J connectivity index is 2.47. The number of aryl methyl sites for hydroxylation is 1. The quantitative estimate of drug-likeness (QED) is 0.679. The molecule has 2 N–H and O–H groups in total. The van der Waals surface area contributed by atoms with Crippen molar-refractivity contribution >= 4 is 27.4 Å². The van der Waals surface area contributed by atoms with Crippen LogP contribution in [0.1, 0.15) is 21.5 Å². The van der Waals surface area contributed by atoms with Gasteiger partial charge in [-0.1, -0.05) is 28.1 Å². The van der Waals surface area contributed by atoms with E-state index >= 15 is 0 Å². The summed E-state index contributed by atoms with van der Waals surface area (Å²) in [6.45, 7) is 1.65. The summed E-state index contributed by atoms with van der Waals surface area (Å²) in [6, 6.07) is 9.44. The third kappa shape index (κ3) is 2.43. The first-order valence-electron chi connectivity index (χ1n) is 5.35. The van der Waals surface area contributed by atoms with Crippen LogP contribution in [-0.4, -0.2) is 5.78 Å². The molecule has 0 bridgehead atoms. The number of hydrogen-bond donors (Lipinski definition) is 1. The molecule has 0 unspecified atom stereocenters. The number of nitrogens with two attached hydrogens (primary N) is 1. The largest absolute Gasteiger partial charge is 0.398 e. The highest BCUT2D eigenvalue weighted by Crippen LogP contribution is 2.22. The number of halogens is 2. The normalized spacial score (nSPS) is 10.4. The number of rotatable bonds is 2. The highest BCUT2D eigenvalue weighted by Gasteiger charge is 2.14. The van der Waals surface area contributed by atoms with Gasteiger partial charge in [0.25, 0.3) is 0 Å². The zero-order valence-corrected chi connectivity index (χ0v) is 11.3. The lowest BCUT2D eigenvalue weighted by Crippen LogP contribution is -2.06. The number of carbonyl (C=O) groups excluding carboxylic acids is 1. The smallest absolute Gasteiger partial charge is 0.195 e. The van der Waals surface area contributed by atoms with Gasteiger partial charge in [-0.15, -0.1) is 0 Å². The summed E-state index contributed by atoms with van der Waals surface area (Å²) in [7, 11) is 0. The standard InChI is InChI=1S/C14H11BrFNO/c1-8-2-3-9(6-12(8)16)14(18)11-7-10(15)4-5-13(11)17/h2-7H,17H2,1H3. The van der Waals surface area contributed by atoms with Gasteiger partial charge in [0, 0.05) is 21.3 Å². The molecule has 0 aromatic heterocycles. The molecule has 0 aliphatic carbocycles. The first-order chi connectivity index (χ1) is 8.49. The molecule has 0 aliphatic rings. The second kappa shape index (κ2) is 4.90. The number of ketones is 1. The maximum Gasteiger partial charge on any atom is 0.195 e. The van der Waals surface area contributed by atoms with Gasteiger partial charge in [0.05, 0.1) is 0 Å². The lowest BCUT2D eigenvalue weighted by atomic mass is 10.0. The van der Waals surface area contributed by atoms with Gasteiger partial charge in [-0.25, -0.2) is 4.39 Å². The maximum absolute atomic E-state index is 13.4. The second-order valence-electron chi connectivity index (χ2n) is 4.02. The van der Waals surface area contributed by atoms with Gasteiger partial charge in [-0.3, -0.25) is 4.79 Å². The van der Waals surface area contributed by atoms with Crippen molar-refractivity contribution in [2.75, 3.05) is 5.73 Å². The van der Waals surface area contributed by atoms with E-state index in [0.717, 1.165) is 4.47 Å². The van der Waals surface area contributed by atoms with Gasteiger partial charge >= 0.3 is 0 Å². The van der Waals surface area contributed by atoms with Gasteiger partial charge in [-0.2, -0.15) is 0 Å². The maximum atomic E-state index is 13.4. The molecule has 0 saturated carbocycles. The third-order valence-electron chi connectivity index (χ3n) is 2.69. The predicted octanol–water partition coefficient (Wildman–Crippen LogP) is 3.71. The van der Waals surface area contributed by atoms with E-state index in [4.69, 9.17) is 5.73 Å². The summed E-state index contributed by atoms with van der Waals surface area (Å²) in [5, 5.41) is 0.